The molecule has 1 N–H and O–H groups in total. The first-order valence-electron chi connectivity index (χ1n) is 9.72. The molecule has 0 aliphatic carbocycles. The summed E-state index contributed by atoms with van der Waals surface area (Å²) in [5.74, 6) is 1.48. The number of hydrogen-bond acceptors (Lipinski definition) is 5. The molecule has 1 fully saturated rings. The number of carbonyl (C=O) groups is 1. The molecule has 162 valence electrons. The Morgan fingerprint density at radius 1 is 1.13 bits per heavy atom. The SMILES string of the molecule is CCOc1cccc(C2CN(NS(C)(=O)=O)C(=O)N2CCc2ccc(OC)cc2)c1. The summed E-state index contributed by atoms with van der Waals surface area (Å²) in [7, 11) is -1.96. The molecule has 30 heavy (non-hydrogen) atoms. The summed E-state index contributed by atoms with van der Waals surface area (Å²) < 4.78 is 34.2. The fraction of sp³-hybridized carbons (Fsp3) is 0.381. The molecular formula is C21H27N3O5S. The van der Waals surface area contributed by atoms with Crippen LogP contribution >= 0.6 is 0 Å². The predicted molar refractivity (Wildman–Crippen MR) is 114 cm³/mol. The fourth-order valence-corrected chi connectivity index (χ4v) is 4.02. The van der Waals surface area contributed by atoms with Crippen molar-refractivity contribution in [2.45, 2.75) is 19.4 Å². The van der Waals surface area contributed by atoms with Crippen molar-refractivity contribution in [2.24, 2.45) is 0 Å². The van der Waals surface area contributed by atoms with Crippen LogP contribution in [0.15, 0.2) is 48.5 Å². The Morgan fingerprint density at radius 2 is 1.87 bits per heavy atom. The van der Waals surface area contributed by atoms with Crippen LogP contribution in [-0.4, -0.2) is 57.4 Å². The zero-order valence-corrected chi connectivity index (χ0v) is 18.2. The quantitative estimate of drug-likeness (QED) is 0.657. The first-order chi connectivity index (χ1) is 14.3. The van der Waals surface area contributed by atoms with Gasteiger partial charge in [0.1, 0.15) is 11.5 Å². The lowest BCUT2D eigenvalue weighted by Gasteiger charge is -2.24. The molecule has 0 aromatic heterocycles. The van der Waals surface area contributed by atoms with Crippen molar-refractivity contribution in [3.63, 3.8) is 0 Å². The van der Waals surface area contributed by atoms with Gasteiger partial charge in [-0.15, -0.1) is 4.83 Å². The molecule has 2 amide bonds. The number of sulfonamides is 1. The van der Waals surface area contributed by atoms with Crippen LogP contribution in [0.1, 0.15) is 24.1 Å². The van der Waals surface area contributed by atoms with E-state index in [1.807, 2.05) is 55.5 Å². The molecule has 0 radical (unpaired) electrons. The van der Waals surface area contributed by atoms with Gasteiger partial charge < -0.3 is 14.4 Å². The average molecular weight is 434 g/mol. The second-order valence-corrected chi connectivity index (χ2v) is 8.80. The molecular weight excluding hydrogens is 406 g/mol. The van der Waals surface area contributed by atoms with Crippen molar-refractivity contribution in [3.05, 3.63) is 59.7 Å². The average Bonchev–Trinajstić information content (AvgIpc) is 3.01. The van der Waals surface area contributed by atoms with Crippen molar-refractivity contribution >= 4 is 16.1 Å². The van der Waals surface area contributed by atoms with E-state index in [-0.39, 0.29) is 18.6 Å². The van der Waals surface area contributed by atoms with Crippen molar-refractivity contribution in [2.75, 3.05) is 33.1 Å². The maximum absolute atomic E-state index is 13.0. The number of carbonyl (C=O) groups excluding carboxylic acids is 1. The monoisotopic (exact) mass is 433 g/mol. The molecule has 2 aromatic carbocycles. The van der Waals surface area contributed by atoms with Gasteiger partial charge in [0.25, 0.3) is 0 Å². The second kappa shape index (κ2) is 9.36. The third-order valence-corrected chi connectivity index (χ3v) is 5.39. The van der Waals surface area contributed by atoms with Crippen molar-refractivity contribution in [1.82, 2.24) is 14.7 Å². The van der Waals surface area contributed by atoms with E-state index in [2.05, 4.69) is 4.83 Å². The van der Waals surface area contributed by atoms with Crippen molar-refractivity contribution in [3.8, 4) is 11.5 Å². The summed E-state index contributed by atoms with van der Waals surface area (Å²) in [4.78, 5) is 17.0. The maximum atomic E-state index is 13.0. The molecule has 3 rings (SSSR count). The van der Waals surface area contributed by atoms with Crippen molar-refractivity contribution < 1.29 is 22.7 Å². The van der Waals surface area contributed by atoms with Gasteiger partial charge in [0.05, 0.1) is 32.6 Å². The number of nitrogens with one attached hydrogen (secondary N) is 1. The normalized spacial score (nSPS) is 16.8. The van der Waals surface area contributed by atoms with Crippen molar-refractivity contribution in [1.29, 1.82) is 0 Å². The molecule has 1 atom stereocenters. The van der Waals surface area contributed by atoms with Gasteiger partial charge in [0, 0.05) is 6.54 Å². The molecule has 1 saturated heterocycles. The van der Waals surface area contributed by atoms with Crippen LogP contribution in [0.2, 0.25) is 0 Å². The van der Waals surface area contributed by atoms with E-state index in [1.54, 1.807) is 12.0 Å². The van der Waals surface area contributed by atoms with Crippen LogP contribution < -0.4 is 14.3 Å². The number of urea groups is 1. The smallest absolute Gasteiger partial charge is 0.335 e. The molecule has 8 nitrogen and oxygen atoms in total. The number of methoxy groups -OCH3 is 1. The highest BCUT2D eigenvalue weighted by atomic mass is 32.2. The van der Waals surface area contributed by atoms with E-state index in [4.69, 9.17) is 9.47 Å². The molecule has 2 aromatic rings. The molecule has 1 unspecified atom stereocenters. The van der Waals surface area contributed by atoms with Gasteiger partial charge in [-0.25, -0.2) is 18.2 Å². The predicted octanol–water partition coefficient (Wildman–Crippen LogP) is 2.58. The molecule has 0 spiro atoms. The number of benzene rings is 2. The topological polar surface area (TPSA) is 88.2 Å². The summed E-state index contributed by atoms with van der Waals surface area (Å²) in [6, 6.07) is 14.5. The fourth-order valence-electron chi connectivity index (χ4n) is 3.47. The maximum Gasteiger partial charge on any atom is 0.335 e. The third kappa shape index (κ3) is 5.43. The van der Waals surface area contributed by atoms with E-state index in [0.717, 1.165) is 28.1 Å². The Kier molecular flexibility index (Phi) is 6.84. The van der Waals surface area contributed by atoms with Gasteiger partial charge in [-0.1, -0.05) is 24.3 Å². The zero-order valence-electron chi connectivity index (χ0n) is 17.4. The molecule has 1 aliphatic rings. The number of ether oxygens (including phenoxy) is 2. The summed E-state index contributed by atoms with van der Waals surface area (Å²) in [5.41, 5.74) is 1.95. The van der Waals surface area contributed by atoms with Gasteiger partial charge in [-0.05, 0) is 48.7 Å². The number of rotatable bonds is 9. The van der Waals surface area contributed by atoms with Gasteiger partial charge in [-0.3, -0.25) is 0 Å². The summed E-state index contributed by atoms with van der Waals surface area (Å²) in [5, 5.41) is 1.15. The summed E-state index contributed by atoms with van der Waals surface area (Å²) in [6.07, 6.45) is 1.66. The van der Waals surface area contributed by atoms with E-state index >= 15 is 0 Å². The van der Waals surface area contributed by atoms with Crippen LogP contribution in [0.25, 0.3) is 0 Å². The van der Waals surface area contributed by atoms with Crippen LogP contribution in [0, 0.1) is 0 Å². The Balaban J connectivity index is 1.83. The second-order valence-electron chi connectivity index (χ2n) is 7.07. The van der Waals surface area contributed by atoms with E-state index in [1.165, 1.54) is 0 Å². The largest absolute Gasteiger partial charge is 0.497 e. The first kappa shape index (κ1) is 21.9. The van der Waals surface area contributed by atoms with Crippen LogP contribution in [0.5, 0.6) is 11.5 Å². The van der Waals surface area contributed by atoms with Crippen LogP contribution in [0.4, 0.5) is 4.79 Å². The lowest BCUT2D eigenvalue weighted by Crippen LogP contribution is -2.44. The van der Waals surface area contributed by atoms with Gasteiger partial charge in [0.2, 0.25) is 10.0 Å². The number of hydrazine groups is 1. The minimum absolute atomic E-state index is 0.212. The van der Waals surface area contributed by atoms with Crippen LogP contribution in [0.3, 0.4) is 0 Å². The Morgan fingerprint density at radius 3 is 2.50 bits per heavy atom. The van der Waals surface area contributed by atoms with E-state index in [0.29, 0.717) is 25.3 Å². The van der Waals surface area contributed by atoms with Gasteiger partial charge in [0.15, 0.2) is 0 Å². The van der Waals surface area contributed by atoms with E-state index in [9.17, 15) is 13.2 Å². The van der Waals surface area contributed by atoms with Gasteiger partial charge >= 0.3 is 6.03 Å². The molecule has 1 heterocycles. The Bertz CT molecular complexity index is 978. The highest BCUT2D eigenvalue weighted by molar-refractivity contribution is 7.88. The summed E-state index contributed by atoms with van der Waals surface area (Å²) in [6.45, 7) is 3.10. The zero-order chi connectivity index (χ0) is 21.7. The highest BCUT2D eigenvalue weighted by Gasteiger charge is 2.39. The summed E-state index contributed by atoms with van der Waals surface area (Å²) >= 11 is 0. The first-order valence-corrected chi connectivity index (χ1v) is 11.6. The molecule has 9 heteroatoms. The lowest BCUT2D eigenvalue weighted by atomic mass is 10.1. The number of nitrogens with zero attached hydrogens (tertiary/aromatic N) is 2. The van der Waals surface area contributed by atoms with E-state index < -0.39 is 10.0 Å². The van der Waals surface area contributed by atoms with Crippen LogP contribution in [-0.2, 0) is 16.4 Å². The Labute approximate surface area is 177 Å². The highest BCUT2D eigenvalue weighted by Crippen LogP contribution is 2.31. The number of amides is 2. The minimum atomic E-state index is -3.57. The van der Waals surface area contributed by atoms with Gasteiger partial charge in [-0.2, -0.15) is 0 Å². The lowest BCUT2D eigenvalue weighted by molar-refractivity contribution is 0.182. The Hall–Kier alpha value is -2.78. The molecule has 0 bridgehead atoms. The third-order valence-electron chi connectivity index (χ3n) is 4.84. The minimum Gasteiger partial charge on any atom is -0.497 e. The molecule has 0 saturated carbocycles. The number of hydrogen-bond donors (Lipinski definition) is 1. The molecule has 1 aliphatic heterocycles. The standard InChI is InChI=1S/C21H27N3O5S/c1-4-29-19-7-5-6-17(14-19)20-15-24(22-30(3,26)27)21(25)23(20)13-12-16-8-10-18(28-2)11-9-16/h5-11,14,20,22H,4,12-13,15H2,1-3H3.